The molecule has 2 fully saturated rings. The smallest absolute Gasteiger partial charge is 0.247 e. The number of hydrogen-bond donors (Lipinski definition) is 3. The van der Waals surface area contributed by atoms with Gasteiger partial charge in [0.1, 0.15) is 5.82 Å². The largest absolute Gasteiger partial charge is 0.350 e. The summed E-state index contributed by atoms with van der Waals surface area (Å²) in [6, 6.07) is 14.4. The van der Waals surface area contributed by atoms with E-state index in [-0.39, 0.29) is 5.91 Å². The van der Waals surface area contributed by atoms with Crippen LogP contribution in [0.25, 0.3) is 28.4 Å². The molecule has 3 N–H and O–H groups in total. The van der Waals surface area contributed by atoms with Gasteiger partial charge in [-0.25, -0.2) is 9.97 Å². The first-order valence-electron chi connectivity index (χ1n) is 13.9. The Hall–Kier alpha value is -4.04. The Labute approximate surface area is 227 Å². The van der Waals surface area contributed by atoms with Crippen molar-refractivity contribution < 1.29 is 4.79 Å². The molecule has 1 atom stereocenters. The Morgan fingerprint density at radius 1 is 1.10 bits per heavy atom. The number of carbonyl (C=O) groups excluding carboxylic acids is 1. The minimum absolute atomic E-state index is 0.0831. The van der Waals surface area contributed by atoms with Crippen molar-refractivity contribution in [3.05, 3.63) is 71.6 Å². The van der Waals surface area contributed by atoms with Gasteiger partial charge in [0, 0.05) is 40.9 Å². The number of aromatic nitrogens is 4. The molecule has 0 radical (unpaired) electrons. The van der Waals surface area contributed by atoms with Gasteiger partial charge in [0.05, 0.1) is 11.7 Å². The quantitative estimate of drug-likeness (QED) is 0.340. The summed E-state index contributed by atoms with van der Waals surface area (Å²) in [6.07, 6.45) is 12.2. The van der Waals surface area contributed by atoms with Crippen molar-refractivity contribution >= 4 is 34.4 Å². The summed E-state index contributed by atoms with van der Waals surface area (Å²) in [5.74, 6) is 1.46. The van der Waals surface area contributed by atoms with Crippen molar-refractivity contribution in [2.45, 2.75) is 44.6 Å². The van der Waals surface area contributed by atoms with Gasteiger partial charge < -0.3 is 15.5 Å². The third-order valence-corrected chi connectivity index (χ3v) is 8.86. The lowest BCUT2D eigenvalue weighted by Gasteiger charge is -2.38. The van der Waals surface area contributed by atoms with Crippen LogP contribution in [0.2, 0.25) is 0 Å². The van der Waals surface area contributed by atoms with Crippen LogP contribution >= 0.6 is 0 Å². The summed E-state index contributed by atoms with van der Waals surface area (Å²) in [5, 5.41) is 14.8. The standard InChI is InChI=1S/C31H33N7O/c1-38-12-9-31(10-13-38)8-6-26(18-31)35-30(39)23-14-20-2-3-21(15-22(20)16-23)29-32-11-7-28(36-29)34-25-4-5-27-24(17-25)19-33-37-27/h2-5,7,11,14-15,17,19,26H,6,8-10,12-13,16,18H2,1H3,(H,33,37)(H,35,39)(H,32,34,36). The van der Waals surface area contributed by atoms with E-state index in [1.807, 2.05) is 36.4 Å². The minimum Gasteiger partial charge on any atom is -0.350 e. The molecule has 0 bridgehead atoms. The average Bonchev–Trinajstić information content (AvgIpc) is 3.69. The number of piperidine rings is 1. The second kappa shape index (κ2) is 9.61. The van der Waals surface area contributed by atoms with Gasteiger partial charge in [-0.15, -0.1) is 0 Å². The number of nitrogens with zero attached hydrogens (tertiary/aromatic N) is 4. The molecule has 2 aromatic heterocycles. The predicted octanol–water partition coefficient (Wildman–Crippen LogP) is 5.08. The minimum atomic E-state index is 0.0831. The molecule has 3 aliphatic rings. The number of aromatic amines is 1. The normalized spacial score (nSPS) is 20.2. The lowest BCUT2D eigenvalue weighted by molar-refractivity contribution is -0.118. The number of likely N-dealkylation sites (tertiary alicyclic amines) is 1. The maximum atomic E-state index is 13.2. The number of amides is 1. The van der Waals surface area contributed by atoms with Crippen molar-refractivity contribution in [3.63, 3.8) is 0 Å². The van der Waals surface area contributed by atoms with Crippen LogP contribution in [-0.2, 0) is 11.2 Å². The molecule has 8 heteroatoms. The number of nitrogens with one attached hydrogen (secondary N) is 3. The molecule has 1 amide bonds. The van der Waals surface area contributed by atoms with E-state index in [9.17, 15) is 4.79 Å². The topological polar surface area (TPSA) is 98.8 Å². The molecule has 2 aliphatic carbocycles. The summed E-state index contributed by atoms with van der Waals surface area (Å²) >= 11 is 0. The number of H-pyrrole nitrogens is 1. The molecule has 39 heavy (non-hydrogen) atoms. The zero-order valence-electron chi connectivity index (χ0n) is 22.2. The highest BCUT2D eigenvalue weighted by molar-refractivity contribution is 6.00. The molecule has 1 spiro atoms. The summed E-state index contributed by atoms with van der Waals surface area (Å²) in [4.78, 5) is 24.9. The molecule has 4 aromatic rings. The number of hydrogen-bond acceptors (Lipinski definition) is 6. The van der Waals surface area contributed by atoms with E-state index >= 15 is 0 Å². The summed E-state index contributed by atoms with van der Waals surface area (Å²) in [7, 11) is 2.21. The summed E-state index contributed by atoms with van der Waals surface area (Å²) < 4.78 is 0. The SMILES string of the molecule is CN1CCC2(CCC(NC(=O)C3=Cc4ccc(-c5nccc(Nc6ccc7[nH]ncc7c6)n5)cc4C3)C2)CC1. The fourth-order valence-corrected chi connectivity index (χ4v) is 6.52. The highest BCUT2D eigenvalue weighted by Gasteiger charge is 2.41. The van der Waals surface area contributed by atoms with Crippen LogP contribution in [0, 0.1) is 5.41 Å². The van der Waals surface area contributed by atoms with Crippen molar-refractivity contribution in [2.75, 3.05) is 25.5 Å². The van der Waals surface area contributed by atoms with Gasteiger partial charge in [-0.1, -0.05) is 12.1 Å². The maximum absolute atomic E-state index is 13.2. The third-order valence-electron chi connectivity index (χ3n) is 8.86. The Balaban J connectivity index is 1.01. The molecule has 2 aromatic carbocycles. The van der Waals surface area contributed by atoms with Gasteiger partial charge in [0.15, 0.2) is 5.82 Å². The highest BCUT2D eigenvalue weighted by Crippen LogP contribution is 2.46. The number of benzene rings is 2. The van der Waals surface area contributed by atoms with Crippen molar-refractivity contribution in [2.24, 2.45) is 5.41 Å². The van der Waals surface area contributed by atoms with E-state index in [0.717, 1.165) is 57.5 Å². The van der Waals surface area contributed by atoms with Gasteiger partial charge in [0.2, 0.25) is 5.91 Å². The van der Waals surface area contributed by atoms with Crippen LogP contribution in [-0.4, -0.2) is 57.2 Å². The van der Waals surface area contributed by atoms with Crippen molar-refractivity contribution in [1.82, 2.24) is 30.4 Å². The van der Waals surface area contributed by atoms with E-state index in [4.69, 9.17) is 4.98 Å². The molecule has 8 nitrogen and oxygen atoms in total. The second-order valence-corrected chi connectivity index (χ2v) is 11.5. The van der Waals surface area contributed by atoms with Crippen LogP contribution in [0.15, 0.2) is 60.4 Å². The number of carbonyl (C=O) groups is 1. The maximum Gasteiger partial charge on any atom is 0.247 e. The van der Waals surface area contributed by atoms with Crippen LogP contribution in [0.1, 0.15) is 43.2 Å². The van der Waals surface area contributed by atoms with Crippen LogP contribution in [0.4, 0.5) is 11.5 Å². The van der Waals surface area contributed by atoms with Gasteiger partial charge >= 0.3 is 0 Å². The number of rotatable bonds is 5. The predicted molar refractivity (Wildman–Crippen MR) is 153 cm³/mol. The molecule has 7 rings (SSSR count). The van der Waals surface area contributed by atoms with Gasteiger partial charge in [-0.3, -0.25) is 9.89 Å². The van der Waals surface area contributed by atoms with E-state index in [1.54, 1.807) is 12.4 Å². The molecular formula is C31H33N7O. The first-order chi connectivity index (χ1) is 19.0. The molecule has 1 aliphatic heterocycles. The molecule has 198 valence electrons. The average molecular weight is 520 g/mol. The molecule has 1 saturated heterocycles. The highest BCUT2D eigenvalue weighted by atomic mass is 16.1. The lowest BCUT2D eigenvalue weighted by atomic mass is 9.77. The van der Waals surface area contributed by atoms with Gasteiger partial charge in [-0.05, 0) is 105 Å². The van der Waals surface area contributed by atoms with Crippen molar-refractivity contribution in [1.29, 1.82) is 0 Å². The lowest BCUT2D eigenvalue weighted by Crippen LogP contribution is -2.39. The molecule has 1 unspecified atom stereocenters. The Morgan fingerprint density at radius 3 is 2.90 bits per heavy atom. The third kappa shape index (κ3) is 4.81. The van der Waals surface area contributed by atoms with Crippen LogP contribution in [0.3, 0.4) is 0 Å². The van der Waals surface area contributed by atoms with Crippen LogP contribution in [0.5, 0.6) is 0 Å². The molecule has 3 heterocycles. The van der Waals surface area contributed by atoms with Gasteiger partial charge in [0.25, 0.3) is 0 Å². The Morgan fingerprint density at radius 2 is 2.00 bits per heavy atom. The first kappa shape index (κ1) is 24.0. The van der Waals surface area contributed by atoms with Crippen molar-refractivity contribution in [3.8, 4) is 11.4 Å². The number of anilines is 2. The number of fused-ring (bicyclic) bond motifs is 2. The van der Waals surface area contributed by atoms with E-state index in [2.05, 4.69) is 49.9 Å². The van der Waals surface area contributed by atoms with E-state index in [0.29, 0.717) is 23.7 Å². The monoisotopic (exact) mass is 519 g/mol. The fraction of sp³-hybridized carbons (Fsp3) is 0.355. The summed E-state index contributed by atoms with van der Waals surface area (Å²) in [5.41, 5.74) is 6.39. The summed E-state index contributed by atoms with van der Waals surface area (Å²) in [6.45, 7) is 2.35. The van der Waals surface area contributed by atoms with Gasteiger partial charge in [-0.2, -0.15) is 5.10 Å². The zero-order valence-corrected chi connectivity index (χ0v) is 22.2. The van der Waals surface area contributed by atoms with Crippen LogP contribution < -0.4 is 10.6 Å². The van der Waals surface area contributed by atoms with E-state index in [1.165, 1.54) is 32.4 Å². The first-order valence-corrected chi connectivity index (χ1v) is 13.9. The fourth-order valence-electron chi connectivity index (χ4n) is 6.52. The molecular weight excluding hydrogens is 486 g/mol. The zero-order chi connectivity index (χ0) is 26.4. The second-order valence-electron chi connectivity index (χ2n) is 11.5. The van der Waals surface area contributed by atoms with E-state index < -0.39 is 0 Å². The molecule has 1 saturated carbocycles. The Bertz CT molecular complexity index is 1580. The Kier molecular flexibility index (Phi) is 5.92.